The molecular weight excluding hydrogens is 256 g/mol. The molecule has 0 saturated carbocycles. The van der Waals surface area contributed by atoms with Crippen LogP contribution in [0, 0.1) is 0 Å². The van der Waals surface area contributed by atoms with Crippen LogP contribution in [0.4, 0.5) is 0 Å². The predicted molar refractivity (Wildman–Crippen MR) is 67.1 cm³/mol. The first-order valence-corrected chi connectivity index (χ1v) is 5.47. The first kappa shape index (κ1) is 12.4. The summed E-state index contributed by atoms with van der Waals surface area (Å²) in [5.41, 5.74) is -0.171. The minimum absolute atomic E-state index is 0.0559. The number of benzene rings is 2. The summed E-state index contributed by atoms with van der Waals surface area (Å²) in [7, 11) is 1.20. The highest BCUT2D eigenvalue weighted by molar-refractivity contribution is 6.68. The number of ether oxygens (including phenoxy) is 1. The molecule has 0 aliphatic heterocycles. The average Bonchev–Trinajstić information content (AvgIpc) is 2.37. The van der Waals surface area contributed by atoms with Gasteiger partial charge in [0.05, 0.1) is 12.7 Å². The Kier molecular flexibility index (Phi) is 3.21. The SMILES string of the molecule is COC(=O)c1c(O)c(C(=O)Cl)cc2ccccc12. The summed E-state index contributed by atoms with van der Waals surface area (Å²) >= 11 is 5.38. The van der Waals surface area contributed by atoms with Crippen LogP contribution in [0.25, 0.3) is 10.8 Å². The van der Waals surface area contributed by atoms with Gasteiger partial charge in [-0.25, -0.2) is 4.79 Å². The molecule has 1 N–H and O–H groups in total. The quantitative estimate of drug-likeness (QED) is 0.669. The van der Waals surface area contributed by atoms with E-state index in [0.29, 0.717) is 10.8 Å². The van der Waals surface area contributed by atoms with E-state index in [1.54, 1.807) is 24.3 Å². The number of methoxy groups -OCH3 is 1. The second kappa shape index (κ2) is 4.66. The highest BCUT2D eigenvalue weighted by Crippen LogP contribution is 2.32. The van der Waals surface area contributed by atoms with Gasteiger partial charge in [0.15, 0.2) is 0 Å². The zero-order valence-corrected chi connectivity index (χ0v) is 10.2. The van der Waals surface area contributed by atoms with Crippen molar-refractivity contribution in [2.45, 2.75) is 0 Å². The van der Waals surface area contributed by atoms with Crippen LogP contribution in [0.3, 0.4) is 0 Å². The molecule has 0 heterocycles. The number of fused-ring (bicyclic) bond motifs is 1. The fraction of sp³-hybridized carbons (Fsp3) is 0.0769. The van der Waals surface area contributed by atoms with Crippen molar-refractivity contribution in [2.24, 2.45) is 0 Å². The van der Waals surface area contributed by atoms with E-state index in [1.165, 1.54) is 13.2 Å². The number of aromatic hydroxyl groups is 1. The van der Waals surface area contributed by atoms with Gasteiger partial charge in [-0.2, -0.15) is 0 Å². The number of carbonyl (C=O) groups is 2. The van der Waals surface area contributed by atoms with Gasteiger partial charge in [-0.3, -0.25) is 4.79 Å². The van der Waals surface area contributed by atoms with E-state index in [0.717, 1.165) is 0 Å². The number of rotatable bonds is 2. The molecule has 4 nitrogen and oxygen atoms in total. The Morgan fingerprint density at radius 2 is 1.94 bits per heavy atom. The topological polar surface area (TPSA) is 63.6 Å². The predicted octanol–water partition coefficient (Wildman–Crippen LogP) is 2.71. The molecule has 18 heavy (non-hydrogen) atoms. The van der Waals surface area contributed by atoms with Crippen molar-refractivity contribution in [2.75, 3.05) is 7.11 Å². The molecule has 2 aromatic rings. The van der Waals surface area contributed by atoms with Crippen molar-refractivity contribution in [3.05, 3.63) is 41.5 Å². The second-order valence-electron chi connectivity index (χ2n) is 3.63. The van der Waals surface area contributed by atoms with Crippen LogP contribution in [0.1, 0.15) is 20.7 Å². The van der Waals surface area contributed by atoms with Crippen LogP contribution in [0.15, 0.2) is 30.3 Å². The highest BCUT2D eigenvalue weighted by Gasteiger charge is 2.21. The van der Waals surface area contributed by atoms with Gasteiger partial charge in [0, 0.05) is 0 Å². The standard InChI is InChI=1S/C13H9ClO4/c1-18-13(17)10-8-5-3-2-4-7(8)6-9(11(10)15)12(14)16/h2-6,15H,1H3. The van der Waals surface area contributed by atoms with E-state index in [4.69, 9.17) is 11.6 Å². The molecule has 0 atom stereocenters. The van der Waals surface area contributed by atoms with E-state index < -0.39 is 17.0 Å². The van der Waals surface area contributed by atoms with Gasteiger partial charge in [-0.05, 0) is 28.4 Å². The van der Waals surface area contributed by atoms with E-state index >= 15 is 0 Å². The number of carbonyl (C=O) groups excluding carboxylic acids is 2. The van der Waals surface area contributed by atoms with Crippen molar-refractivity contribution in [3.63, 3.8) is 0 Å². The highest BCUT2D eigenvalue weighted by atomic mass is 35.5. The van der Waals surface area contributed by atoms with Crippen molar-refractivity contribution in [3.8, 4) is 5.75 Å². The molecule has 92 valence electrons. The summed E-state index contributed by atoms with van der Waals surface area (Å²) in [6.07, 6.45) is 0. The third kappa shape index (κ3) is 1.91. The molecule has 0 saturated heterocycles. The van der Waals surface area contributed by atoms with E-state index in [1.807, 2.05) is 0 Å². The first-order valence-electron chi connectivity index (χ1n) is 5.09. The molecule has 0 bridgehead atoms. The number of esters is 1. The smallest absolute Gasteiger partial charge is 0.342 e. The summed E-state index contributed by atoms with van der Waals surface area (Å²) in [6, 6.07) is 8.28. The Hall–Kier alpha value is -2.07. The Bertz CT molecular complexity index is 649. The lowest BCUT2D eigenvalue weighted by molar-refractivity contribution is 0.0600. The van der Waals surface area contributed by atoms with Crippen LogP contribution >= 0.6 is 11.6 Å². The van der Waals surface area contributed by atoms with Gasteiger partial charge in [0.25, 0.3) is 5.24 Å². The second-order valence-corrected chi connectivity index (χ2v) is 3.98. The molecule has 5 heteroatoms. The monoisotopic (exact) mass is 264 g/mol. The number of phenols is 1. The molecule has 0 spiro atoms. The zero-order chi connectivity index (χ0) is 13.3. The van der Waals surface area contributed by atoms with Gasteiger partial charge >= 0.3 is 5.97 Å². The van der Waals surface area contributed by atoms with Crippen molar-refractivity contribution in [1.29, 1.82) is 0 Å². The fourth-order valence-corrected chi connectivity index (χ4v) is 1.94. The fourth-order valence-electron chi connectivity index (χ4n) is 1.80. The largest absolute Gasteiger partial charge is 0.506 e. The summed E-state index contributed by atoms with van der Waals surface area (Å²) in [6.45, 7) is 0. The lowest BCUT2D eigenvalue weighted by atomic mass is 10.00. The molecule has 2 aromatic carbocycles. The first-order chi connectivity index (χ1) is 8.56. The molecule has 0 fully saturated rings. The van der Waals surface area contributed by atoms with Gasteiger partial charge in [-0.1, -0.05) is 24.3 Å². The van der Waals surface area contributed by atoms with Crippen molar-refractivity contribution < 1.29 is 19.4 Å². The number of hydrogen-bond acceptors (Lipinski definition) is 4. The van der Waals surface area contributed by atoms with Crippen molar-refractivity contribution in [1.82, 2.24) is 0 Å². The number of halogens is 1. The summed E-state index contributed by atoms with van der Waals surface area (Å²) in [5, 5.41) is 10.3. The van der Waals surface area contributed by atoms with Crippen LogP contribution in [0.2, 0.25) is 0 Å². The minimum atomic E-state index is -0.830. The van der Waals surface area contributed by atoms with Crippen molar-refractivity contribution >= 4 is 33.6 Å². The molecule has 0 aliphatic carbocycles. The van der Waals surface area contributed by atoms with E-state index in [2.05, 4.69) is 4.74 Å². The Labute approximate surface area is 108 Å². The van der Waals surface area contributed by atoms with Gasteiger partial charge in [0.2, 0.25) is 0 Å². The molecule has 0 amide bonds. The van der Waals surface area contributed by atoms with E-state index in [9.17, 15) is 14.7 Å². The number of hydrogen-bond donors (Lipinski definition) is 1. The molecule has 0 radical (unpaired) electrons. The Morgan fingerprint density at radius 1 is 1.28 bits per heavy atom. The van der Waals surface area contributed by atoms with Crippen LogP contribution in [-0.4, -0.2) is 23.4 Å². The van der Waals surface area contributed by atoms with Crippen LogP contribution in [-0.2, 0) is 4.74 Å². The maximum Gasteiger partial charge on any atom is 0.342 e. The number of phenolic OH excluding ortho intramolecular Hbond substituents is 1. The normalized spacial score (nSPS) is 10.3. The Morgan fingerprint density at radius 3 is 2.56 bits per heavy atom. The third-order valence-corrected chi connectivity index (χ3v) is 2.83. The molecule has 0 unspecified atom stereocenters. The minimum Gasteiger partial charge on any atom is -0.506 e. The summed E-state index contributed by atoms with van der Waals surface area (Å²) < 4.78 is 4.61. The van der Waals surface area contributed by atoms with Gasteiger partial charge in [0.1, 0.15) is 11.3 Å². The summed E-state index contributed by atoms with van der Waals surface area (Å²) in [5.74, 6) is -1.18. The third-order valence-electron chi connectivity index (χ3n) is 2.62. The molecule has 2 rings (SSSR count). The van der Waals surface area contributed by atoms with Crippen LogP contribution < -0.4 is 0 Å². The van der Waals surface area contributed by atoms with Gasteiger partial charge in [-0.15, -0.1) is 0 Å². The molecule has 0 aromatic heterocycles. The Balaban J connectivity index is 2.90. The maximum atomic E-state index is 11.7. The summed E-state index contributed by atoms with van der Waals surface area (Å²) in [4.78, 5) is 22.9. The lowest BCUT2D eigenvalue weighted by Crippen LogP contribution is -2.05. The molecule has 0 aliphatic rings. The maximum absolute atomic E-state index is 11.7. The van der Waals surface area contributed by atoms with E-state index in [-0.39, 0.29) is 11.1 Å². The average molecular weight is 265 g/mol. The molecular formula is C13H9ClO4. The zero-order valence-electron chi connectivity index (χ0n) is 9.44. The van der Waals surface area contributed by atoms with Gasteiger partial charge < -0.3 is 9.84 Å². The van der Waals surface area contributed by atoms with Crippen LogP contribution in [0.5, 0.6) is 5.75 Å². The lowest BCUT2D eigenvalue weighted by Gasteiger charge is -2.10.